The van der Waals surface area contributed by atoms with E-state index in [2.05, 4.69) is 20.3 Å². The quantitative estimate of drug-likeness (QED) is 0.860. The summed E-state index contributed by atoms with van der Waals surface area (Å²) in [5.41, 5.74) is 1.98. The van der Waals surface area contributed by atoms with Crippen molar-refractivity contribution in [2.24, 2.45) is 5.92 Å². The van der Waals surface area contributed by atoms with Crippen LogP contribution in [-0.4, -0.2) is 32.4 Å². The average Bonchev–Trinajstić information content (AvgIpc) is 2.53. The molecule has 2 aromatic heterocycles. The molecule has 3 rings (SSSR count). The fraction of sp³-hybridized carbons (Fsp3) is 0.353. The van der Waals surface area contributed by atoms with Gasteiger partial charge in [-0.15, -0.1) is 0 Å². The summed E-state index contributed by atoms with van der Waals surface area (Å²) >= 11 is 1.35. The van der Waals surface area contributed by atoms with Gasteiger partial charge in [0.2, 0.25) is 11.9 Å². The molecule has 0 spiro atoms. The SMILES string of the molecule is Cc1nc(NC(=O)CSc2ccccn2)nc2c1C(=O)C[C@H](C)C2. The molecule has 0 aromatic carbocycles. The van der Waals surface area contributed by atoms with Crippen LogP contribution in [0.5, 0.6) is 0 Å². The lowest BCUT2D eigenvalue weighted by molar-refractivity contribution is -0.113. The molecule has 2 aromatic rings. The Balaban J connectivity index is 1.69. The van der Waals surface area contributed by atoms with Crippen LogP contribution >= 0.6 is 11.8 Å². The maximum absolute atomic E-state index is 12.1. The molecule has 2 heterocycles. The van der Waals surface area contributed by atoms with Crippen molar-refractivity contribution in [1.82, 2.24) is 15.0 Å². The minimum absolute atomic E-state index is 0.0878. The number of amides is 1. The third-order valence-corrected chi connectivity index (χ3v) is 4.70. The number of rotatable bonds is 4. The Hall–Kier alpha value is -2.28. The van der Waals surface area contributed by atoms with Gasteiger partial charge in [-0.25, -0.2) is 15.0 Å². The highest BCUT2D eigenvalue weighted by Gasteiger charge is 2.26. The van der Waals surface area contributed by atoms with Crippen molar-refractivity contribution in [3.8, 4) is 0 Å². The Morgan fingerprint density at radius 3 is 2.92 bits per heavy atom. The minimum Gasteiger partial charge on any atom is -0.294 e. The van der Waals surface area contributed by atoms with Gasteiger partial charge in [-0.2, -0.15) is 0 Å². The van der Waals surface area contributed by atoms with Crippen LogP contribution in [-0.2, 0) is 11.2 Å². The number of aromatic nitrogens is 3. The molecular weight excluding hydrogens is 324 g/mol. The summed E-state index contributed by atoms with van der Waals surface area (Å²) in [6, 6.07) is 5.56. The molecule has 6 nitrogen and oxygen atoms in total. The van der Waals surface area contributed by atoms with Crippen molar-refractivity contribution in [3.05, 3.63) is 41.3 Å². The van der Waals surface area contributed by atoms with E-state index in [0.717, 1.165) is 17.1 Å². The molecule has 0 saturated carbocycles. The lowest BCUT2D eigenvalue weighted by Crippen LogP contribution is -2.24. The summed E-state index contributed by atoms with van der Waals surface area (Å²) in [7, 11) is 0. The molecule has 0 fully saturated rings. The van der Waals surface area contributed by atoms with Gasteiger partial charge in [0, 0.05) is 12.6 Å². The monoisotopic (exact) mass is 342 g/mol. The predicted octanol–water partition coefficient (Wildman–Crippen LogP) is 2.68. The number of hydrogen-bond donors (Lipinski definition) is 1. The van der Waals surface area contributed by atoms with Crippen LogP contribution in [0.1, 0.15) is 35.1 Å². The number of nitrogens with one attached hydrogen (secondary N) is 1. The van der Waals surface area contributed by atoms with E-state index in [1.807, 2.05) is 25.1 Å². The molecule has 24 heavy (non-hydrogen) atoms. The van der Waals surface area contributed by atoms with Gasteiger partial charge < -0.3 is 0 Å². The zero-order valence-corrected chi connectivity index (χ0v) is 14.4. The Morgan fingerprint density at radius 2 is 2.17 bits per heavy atom. The van der Waals surface area contributed by atoms with Crippen molar-refractivity contribution in [1.29, 1.82) is 0 Å². The number of ketones is 1. The predicted molar refractivity (Wildman–Crippen MR) is 92.2 cm³/mol. The van der Waals surface area contributed by atoms with E-state index in [-0.39, 0.29) is 29.3 Å². The van der Waals surface area contributed by atoms with E-state index in [1.165, 1.54) is 11.8 Å². The summed E-state index contributed by atoms with van der Waals surface area (Å²) in [5, 5.41) is 3.50. The molecule has 1 N–H and O–H groups in total. The first kappa shape index (κ1) is 16.6. The van der Waals surface area contributed by atoms with E-state index in [9.17, 15) is 9.59 Å². The van der Waals surface area contributed by atoms with E-state index < -0.39 is 0 Å². The Kier molecular flexibility index (Phi) is 4.89. The molecule has 1 atom stereocenters. The number of hydrogen-bond acceptors (Lipinski definition) is 6. The molecule has 7 heteroatoms. The Bertz CT molecular complexity index is 780. The van der Waals surface area contributed by atoms with Gasteiger partial charge in [-0.1, -0.05) is 24.8 Å². The number of aryl methyl sites for hydroxylation is 1. The van der Waals surface area contributed by atoms with E-state index in [0.29, 0.717) is 17.7 Å². The second-order valence-electron chi connectivity index (χ2n) is 5.90. The summed E-state index contributed by atoms with van der Waals surface area (Å²) in [4.78, 5) is 37.0. The summed E-state index contributed by atoms with van der Waals surface area (Å²) in [6.07, 6.45) is 2.95. The highest BCUT2D eigenvalue weighted by atomic mass is 32.2. The smallest absolute Gasteiger partial charge is 0.237 e. The number of anilines is 1. The fourth-order valence-corrected chi connectivity index (χ4v) is 3.41. The average molecular weight is 342 g/mol. The first-order valence-electron chi connectivity index (χ1n) is 7.77. The lowest BCUT2D eigenvalue weighted by Gasteiger charge is -2.21. The number of Topliss-reactive ketones (excluding diaryl/α,β-unsaturated/α-hetero) is 1. The molecule has 1 aliphatic rings. The molecular formula is C17H18N4O2S. The van der Waals surface area contributed by atoms with Crippen LogP contribution in [0.3, 0.4) is 0 Å². The topological polar surface area (TPSA) is 84.8 Å². The molecule has 0 saturated heterocycles. The fourth-order valence-electron chi connectivity index (χ4n) is 2.75. The molecule has 1 aliphatic carbocycles. The number of pyridine rings is 1. The van der Waals surface area contributed by atoms with Gasteiger partial charge in [-0.05, 0) is 31.4 Å². The van der Waals surface area contributed by atoms with Crippen LogP contribution in [0.4, 0.5) is 5.95 Å². The van der Waals surface area contributed by atoms with Crippen LogP contribution in [0, 0.1) is 12.8 Å². The summed E-state index contributed by atoms with van der Waals surface area (Å²) in [5.74, 6) is 0.651. The van der Waals surface area contributed by atoms with Crippen LogP contribution in [0.25, 0.3) is 0 Å². The van der Waals surface area contributed by atoms with Crippen molar-refractivity contribution in [2.45, 2.75) is 31.7 Å². The van der Waals surface area contributed by atoms with Crippen molar-refractivity contribution < 1.29 is 9.59 Å². The first-order chi connectivity index (χ1) is 11.5. The van der Waals surface area contributed by atoms with Gasteiger partial charge in [0.05, 0.1) is 27.7 Å². The normalized spacial score (nSPS) is 16.6. The van der Waals surface area contributed by atoms with Crippen molar-refractivity contribution in [2.75, 3.05) is 11.1 Å². The third-order valence-electron chi connectivity index (χ3n) is 3.76. The number of fused-ring (bicyclic) bond motifs is 1. The van der Waals surface area contributed by atoms with Gasteiger partial charge in [0.1, 0.15) is 0 Å². The number of carbonyl (C=O) groups excluding carboxylic acids is 2. The maximum atomic E-state index is 12.1. The minimum atomic E-state index is -0.194. The number of thioether (sulfide) groups is 1. The Morgan fingerprint density at radius 1 is 1.33 bits per heavy atom. The number of carbonyl (C=O) groups is 2. The molecule has 124 valence electrons. The first-order valence-corrected chi connectivity index (χ1v) is 8.76. The third kappa shape index (κ3) is 3.79. The maximum Gasteiger partial charge on any atom is 0.237 e. The second-order valence-corrected chi connectivity index (χ2v) is 6.89. The van der Waals surface area contributed by atoms with E-state index in [1.54, 1.807) is 13.1 Å². The summed E-state index contributed by atoms with van der Waals surface area (Å²) < 4.78 is 0. The molecule has 1 amide bonds. The Labute approximate surface area is 144 Å². The molecule has 0 radical (unpaired) electrons. The van der Waals surface area contributed by atoms with Crippen molar-refractivity contribution in [3.63, 3.8) is 0 Å². The molecule has 0 bridgehead atoms. The lowest BCUT2D eigenvalue weighted by atomic mass is 9.86. The van der Waals surface area contributed by atoms with Gasteiger partial charge in [-0.3, -0.25) is 14.9 Å². The summed E-state index contributed by atoms with van der Waals surface area (Å²) in [6.45, 7) is 3.81. The highest BCUT2D eigenvalue weighted by Crippen LogP contribution is 2.26. The van der Waals surface area contributed by atoms with E-state index in [4.69, 9.17) is 0 Å². The van der Waals surface area contributed by atoms with Gasteiger partial charge >= 0.3 is 0 Å². The van der Waals surface area contributed by atoms with Crippen LogP contribution in [0.2, 0.25) is 0 Å². The van der Waals surface area contributed by atoms with Gasteiger partial charge in [0.15, 0.2) is 5.78 Å². The second kappa shape index (κ2) is 7.09. The molecule has 0 aliphatic heterocycles. The standard InChI is InChI=1S/C17H18N4O2S/c1-10-7-12-16(13(22)8-10)11(2)19-17(20-12)21-14(23)9-24-15-5-3-4-6-18-15/h3-6,10H,7-9H2,1-2H3,(H,19,20,21,23)/t10-/m1/s1. The van der Waals surface area contributed by atoms with Crippen LogP contribution in [0.15, 0.2) is 29.4 Å². The van der Waals surface area contributed by atoms with Crippen LogP contribution < -0.4 is 5.32 Å². The van der Waals surface area contributed by atoms with Gasteiger partial charge in [0.25, 0.3) is 0 Å². The number of nitrogens with zero attached hydrogens (tertiary/aromatic N) is 3. The largest absolute Gasteiger partial charge is 0.294 e. The molecule has 0 unspecified atom stereocenters. The van der Waals surface area contributed by atoms with Crippen molar-refractivity contribution >= 4 is 29.4 Å². The highest BCUT2D eigenvalue weighted by molar-refractivity contribution is 7.99. The zero-order chi connectivity index (χ0) is 17.1. The van der Waals surface area contributed by atoms with E-state index >= 15 is 0 Å². The zero-order valence-electron chi connectivity index (χ0n) is 13.6.